The SMILES string of the molecule is CCOP(=O)(CC(=O)N1CCOC(COn2nnc3cccnc32)C1)OCC. The minimum Gasteiger partial charge on any atom is -0.391 e. The molecule has 0 aromatic carbocycles. The molecule has 0 aliphatic carbocycles. The summed E-state index contributed by atoms with van der Waals surface area (Å²) >= 11 is 0. The van der Waals surface area contributed by atoms with Crippen LogP contribution in [-0.4, -0.2) is 82.7 Å². The second-order valence-corrected chi connectivity index (χ2v) is 8.10. The lowest BCUT2D eigenvalue weighted by Gasteiger charge is -2.33. The zero-order valence-electron chi connectivity index (χ0n) is 15.9. The van der Waals surface area contributed by atoms with Crippen LogP contribution in [0.5, 0.6) is 0 Å². The number of amides is 1. The number of pyridine rings is 1. The van der Waals surface area contributed by atoms with E-state index < -0.39 is 7.60 Å². The van der Waals surface area contributed by atoms with Crippen LogP contribution in [0.4, 0.5) is 0 Å². The maximum Gasteiger partial charge on any atom is 0.340 e. The van der Waals surface area contributed by atoms with E-state index in [-0.39, 0.29) is 38.0 Å². The molecule has 11 nitrogen and oxygen atoms in total. The fourth-order valence-corrected chi connectivity index (χ4v) is 4.40. The molecule has 0 radical (unpaired) electrons. The average molecular weight is 413 g/mol. The van der Waals surface area contributed by atoms with E-state index in [1.54, 1.807) is 37.1 Å². The first-order valence-corrected chi connectivity index (χ1v) is 10.8. The predicted octanol–water partition coefficient (Wildman–Crippen LogP) is 0.748. The first-order valence-electron chi connectivity index (χ1n) is 9.12. The molecule has 28 heavy (non-hydrogen) atoms. The quantitative estimate of drug-likeness (QED) is 0.549. The molecule has 1 saturated heterocycles. The van der Waals surface area contributed by atoms with E-state index in [0.29, 0.717) is 30.9 Å². The Morgan fingerprint density at radius 1 is 1.36 bits per heavy atom. The van der Waals surface area contributed by atoms with Gasteiger partial charge < -0.3 is 23.5 Å². The van der Waals surface area contributed by atoms with Gasteiger partial charge in [-0.15, -0.1) is 5.10 Å². The standard InChI is InChI=1S/C16H24N5O6P/c1-3-26-28(23,27-4-2)12-15(22)20-8-9-24-13(10-20)11-25-21-16-14(18-19-21)6-5-7-17-16/h5-7,13H,3-4,8-12H2,1-2H3. The number of aromatic nitrogens is 4. The zero-order valence-corrected chi connectivity index (χ0v) is 16.8. The van der Waals surface area contributed by atoms with E-state index in [0.717, 1.165) is 0 Å². The summed E-state index contributed by atoms with van der Waals surface area (Å²) in [5.41, 5.74) is 1.12. The van der Waals surface area contributed by atoms with Gasteiger partial charge >= 0.3 is 7.60 Å². The molecule has 1 amide bonds. The van der Waals surface area contributed by atoms with Gasteiger partial charge in [0.2, 0.25) is 11.6 Å². The Balaban J connectivity index is 1.56. The van der Waals surface area contributed by atoms with E-state index in [1.807, 2.05) is 0 Å². The number of carbonyl (C=O) groups excluding carboxylic acids is 1. The van der Waals surface area contributed by atoms with Gasteiger partial charge in [-0.1, -0.05) is 4.85 Å². The Morgan fingerprint density at radius 3 is 2.89 bits per heavy atom. The van der Waals surface area contributed by atoms with Crippen molar-refractivity contribution in [1.29, 1.82) is 0 Å². The number of nitrogens with zero attached hydrogens (tertiary/aromatic N) is 5. The fraction of sp³-hybridized carbons (Fsp3) is 0.625. The van der Waals surface area contributed by atoms with E-state index in [1.165, 1.54) is 4.85 Å². The first-order chi connectivity index (χ1) is 13.5. The van der Waals surface area contributed by atoms with Gasteiger partial charge in [0.05, 0.1) is 26.4 Å². The van der Waals surface area contributed by atoms with E-state index >= 15 is 0 Å². The number of ether oxygens (including phenoxy) is 1. The third-order valence-corrected chi connectivity index (χ3v) is 6.00. The monoisotopic (exact) mass is 413 g/mol. The molecular weight excluding hydrogens is 389 g/mol. The molecule has 2 aromatic rings. The van der Waals surface area contributed by atoms with Crippen molar-refractivity contribution in [2.45, 2.75) is 20.0 Å². The fourth-order valence-electron chi connectivity index (χ4n) is 2.82. The topological polar surface area (TPSA) is 118 Å². The highest BCUT2D eigenvalue weighted by molar-refractivity contribution is 7.54. The lowest BCUT2D eigenvalue weighted by Crippen LogP contribution is -2.49. The summed E-state index contributed by atoms with van der Waals surface area (Å²) < 4.78 is 28.6. The van der Waals surface area contributed by atoms with Gasteiger partial charge in [-0.25, -0.2) is 4.98 Å². The molecule has 0 saturated carbocycles. The van der Waals surface area contributed by atoms with Crippen LogP contribution in [0.3, 0.4) is 0 Å². The summed E-state index contributed by atoms with van der Waals surface area (Å²) in [5, 5.41) is 7.86. The summed E-state index contributed by atoms with van der Waals surface area (Å²) in [5.74, 6) is -0.300. The molecular formula is C16H24N5O6P. The number of morpholine rings is 1. The van der Waals surface area contributed by atoms with Crippen LogP contribution >= 0.6 is 7.60 Å². The van der Waals surface area contributed by atoms with E-state index in [9.17, 15) is 9.36 Å². The molecule has 3 heterocycles. The summed E-state index contributed by atoms with van der Waals surface area (Å²) in [4.78, 5) is 25.2. The minimum absolute atomic E-state index is 0.160. The maximum atomic E-state index is 12.6. The molecule has 2 aromatic heterocycles. The molecule has 154 valence electrons. The molecule has 1 aliphatic heterocycles. The lowest BCUT2D eigenvalue weighted by molar-refractivity contribution is -0.139. The third-order valence-electron chi connectivity index (χ3n) is 4.04. The van der Waals surface area contributed by atoms with Crippen LogP contribution in [0, 0.1) is 0 Å². The van der Waals surface area contributed by atoms with Gasteiger partial charge in [-0.3, -0.25) is 9.36 Å². The Kier molecular flexibility index (Phi) is 6.95. The van der Waals surface area contributed by atoms with Crippen molar-refractivity contribution >= 4 is 24.7 Å². The Labute approximate surface area is 162 Å². The molecule has 1 aliphatic rings. The van der Waals surface area contributed by atoms with E-state index in [2.05, 4.69) is 15.3 Å². The minimum atomic E-state index is -3.44. The number of fused-ring (bicyclic) bond motifs is 1. The van der Waals surface area contributed by atoms with Gasteiger partial charge in [-0.05, 0) is 31.2 Å². The zero-order chi connectivity index (χ0) is 20.0. The normalized spacial score (nSPS) is 17.8. The van der Waals surface area contributed by atoms with Gasteiger partial charge in [0, 0.05) is 12.7 Å². The van der Waals surface area contributed by atoms with Crippen LogP contribution in [0.25, 0.3) is 11.2 Å². The molecule has 1 atom stereocenters. The lowest BCUT2D eigenvalue weighted by atomic mass is 10.3. The van der Waals surface area contributed by atoms with Crippen molar-refractivity contribution in [3.8, 4) is 0 Å². The molecule has 12 heteroatoms. The van der Waals surface area contributed by atoms with Crippen LogP contribution < -0.4 is 4.84 Å². The van der Waals surface area contributed by atoms with Crippen LogP contribution in [0.15, 0.2) is 18.3 Å². The Hall–Kier alpha value is -2.07. The Bertz CT molecular complexity index is 836. The second-order valence-electron chi connectivity index (χ2n) is 6.04. The highest BCUT2D eigenvalue weighted by Gasteiger charge is 2.33. The Morgan fingerprint density at radius 2 is 2.14 bits per heavy atom. The highest BCUT2D eigenvalue weighted by Crippen LogP contribution is 2.48. The summed E-state index contributed by atoms with van der Waals surface area (Å²) in [7, 11) is -3.44. The van der Waals surface area contributed by atoms with Gasteiger partial charge in [-0.2, -0.15) is 0 Å². The smallest absolute Gasteiger partial charge is 0.340 e. The second kappa shape index (κ2) is 9.42. The van der Waals surface area contributed by atoms with Gasteiger partial charge in [0.15, 0.2) is 0 Å². The van der Waals surface area contributed by atoms with Crippen molar-refractivity contribution in [2.24, 2.45) is 0 Å². The predicted molar refractivity (Wildman–Crippen MR) is 98.8 cm³/mol. The molecule has 3 rings (SSSR count). The van der Waals surface area contributed by atoms with Crippen LogP contribution in [-0.2, 0) is 23.1 Å². The number of hydrogen-bond donors (Lipinski definition) is 0. The van der Waals surface area contributed by atoms with Crippen molar-refractivity contribution < 1.29 is 28.0 Å². The summed E-state index contributed by atoms with van der Waals surface area (Å²) in [6.07, 6.45) is 0.970. The molecule has 0 spiro atoms. The first kappa shape index (κ1) is 20.7. The molecule has 0 bridgehead atoms. The van der Waals surface area contributed by atoms with Crippen LogP contribution in [0.2, 0.25) is 0 Å². The van der Waals surface area contributed by atoms with Gasteiger partial charge in [0.25, 0.3) is 0 Å². The molecule has 1 unspecified atom stereocenters. The van der Waals surface area contributed by atoms with Crippen molar-refractivity contribution in [2.75, 3.05) is 45.7 Å². The summed E-state index contributed by atoms with van der Waals surface area (Å²) in [6, 6.07) is 3.54. The molecule has 0 N–H and O–H groups in total. The summed E-state index contributed by atoms with van der Waals surface area (Å²) in [6.45, 7) is 5.06. The largest absolute Gasteiger partial charge is 0.391 e. The number of hydrogen-bond acceptors (Lipinski definition) is 9. The van der Waals surface area contributed by atoms with Crippen molar-refractivity contribution in [1.82, 2.24) is 25.0 Å². The van der Waals surface area contributed by atoms with Crippen LogP contribution in [0.1, 0.15) is 13.8 Å². The highest BCUT2D eigenvalue weighted by atomic mass is 31.2. The molecule has 1 fully saturated rings. The average Bonchev–Trinajstić information content (AvgIpc) is 3.10. The third kappa shape index (κ3) is 5.05. The maximum absolute atomic E-state index is 12.6. The van der Waals surface area contributed by atoms with Gasteiger partial charge in [0.1, 0.15) is 24.4 Å². The number of rotatable bonds is 9. The van der Waals surface area contributed by atoms with Crippen molar-refractivity contribution in [3.63, 3.8) is 0 Å². The van der Waals surface area contributed by atoms with E-state index in [4.69, 9.17) is 18.6 Å². The number of carbonyl (C=O) groups is 1. The van der Waals surface area contributed by atoms with Crippen molar-refractivity contribution in [3.05, 3.63) is 18.3 Å².